The molecule has 4 rings (SSSR count). The SMILES string of the molecule is Fc1ccc(F)c(C[NH+]2CC[NH+](Cc3ccc4c(c3)OCO4)CC2)c1. The minimum atomic E-state index is -0.372. The highest BCUT2D eigenvalue weighted by molar-refractivity contribution is 5.44. The van der Waals surface area contributed by atoms with E-state index < -0.39 is 0 Å². The van der Waals surface area contributed by atoms with Crippen molar-refractivity contribution in [3.05, 3.63) is 59.2 Å². The average Bonchev–Trinajstić information content (AvgIpc) is 3.08. The van der Waals surface area contributed by atoms with Crippen LogP contribution in [-0.2, 0) is 13.1 Å². The van der Waals surface area contributed by atoms with Crippen molar-refractivity contribution in [3.8, 4) is 11.5 Å². The molecule has 4 nitrogen and oxygen atoms in total. The number of piperazine rings is 1. The molecule has 0 bridgehead atoms. The van der Waals surface area contributed by atoms with Gasteiger partial charge in [-0.15, -0.1) is 0 Å². The van der Waals surface area contributed by atoms with Crippen LogP contribution in [0.3, 0.4) is 0 Å². The Balaban J connectivity index is 1.31. The van der Waals surface area contributed by atoms with Gasteiger partial charge < -0.3 is 19.3 Å². The van der Waals surface area contributed by atoms with Gasteiger partial charge in [0.1, 0.15) is 50.9 Å². The summed E-state index contributed by atoms with van der Waals surface area (Å²) in [4.78, 5) is 2.81. The van der Waals surface area contributed by atoms with Gasteiger partial charge in [-0.1, -0.05) is 0 Å². The van der Waals surface area contributed by atoms with E-state index in [1.54, 1.807) is 0 Å². The van der Waals surface area contributed by atoms with Crippen molar-refractivity contribution in [2.75, 3.05) is 33.0 Å². The lowest BCUT2D eigenvalue weighted by atomic mass is 10.1. The average molecular weight is 348 g/mol. The second kappa shape index (κ2) is 6.98. The van der Waals surface area contributed by atoms with E-state index >= 15 is 0 Å². The lowest BCUT2D eigenvalue weighted by Gasteiger charge is -2.30. The highest BCUT2D eigenvalue weighted by atomic mass is 19.1. The normalized spacial score (nSPS) is 22.2. The molecule has 0 radical (unpaired) electrons. The van der Waals surface area contributed by atoms with Crippen molar-refractivity contribution >= 4 is 0 Å². The Morgan fingerprint density at radius 1 is 0.800 bits per heavy atom. The zero-order valence-corrected chi connectivity index (χ0v) is 14.0. The van der Waals surface area contributed by atoms with Gasteiger partial charge in [-0.25, -0.2) is 8.78 Å². The summed E-state index contributed by atoms with van der Waals surface area (Å²) in [5.41, 5.74) is 1.70. The van der Waals surface area contributed by atoms with E-state index in [1.165, 1.54) is 33.6 Å². The summed E-state index contributed by atoms with van der Waals surface area (Å²) < 4.78 is 37.9. The maximum Gasteiger partial charge on any atom is 0.231 e. The van der Waals surface area contributed by atoms with Crippen molar-refractivity contribution in [2.45, 2.75) is 13.1 Å². The van der Waals surface area contributed by atoms with Crippen LogP contribution in [0.4, 0.5) is 8.78 Å². The first-order valence-electron chi connectivity index (χ1n) is 8.67. The van der Waals surface area contributed by atoms with Crippen LogP contribution in [0.15, 0.2) is 36.4 Å². The molecule has 0 spiro atoms. The summed E-state index contributed by atoms with van der Waals surface area (Å²) in [6, 6.07) is 9.80. The number of nitrogens with one attached hydrogen (secondary N) is 2. The Bertz CT molecular complexity index is 761. The van der Waals surface area contributed by atoms with E-state index in [0.717, 1.165) is 44.2 Å². The molecule has 2 aromatic carbocycles. The molecule has 0 unspecified atom stereocenters. The third-order valence-corrected chi connectivity index (χ3v) is 5.00. The third-order valence-electron chi connectivity index (χ3n) is 5.00. The number of rotatable bonds is 4. The molecule has 0 amide bonds. The molecule has 1 fully saturated rings. The van der Waals surface area contributed by atoms with Crippen molar-refractivity contribution in [3.63, 3.8) is 0 Å². The fraction of sp³-hybridized carbons (Fsp3) is 0.368. The van der Waals surface area contributed by atoms with Crippen molar-refractivity contribution in [1.29, 1.82) is 0 Å². The van der Waals surface area contributed by atoms with Gasteiger partial charge in [0, 0.05) is 11.1 Å². The van der Waals surface area contributed by atoms with E-state index in [-0.39, 0.29) is 11.6 Å². The van der Waals surface area contributed by atoms with Crippen LogP contribution < -0.4 is 19.3 Å². The molecule has 2 heterocycles. The topological polar surface area (TPSA) is 27.3 Å². The number of hydrogen-bond donors (Lipinski definition) is 2. The molecule has 0 aliphatic carbocycles. The first kappa shape index (κ1) is 16.3. The van der Waals surface area contributed by atoms with E-state index in [0.29, 0.717) is 18.9 Å². The first-order valence-corrected chi connectivity index (χ1v) is 8.67. The second-order valence-electron chi connectivity index (χ2n) is 6.78. The number of benzene rings is 2. The molecule has 25 heavy (non-hydrogen) atoms. The van der Waals surface area contributed by atoms with E-state index in [9.17, 15) is 8.78 Å². The van der Waals surface area contributed by atoms with Gasteiger partial charge >= 0.3 is 0 Å². The van der Waals surface area contributed by atoms with Gasteiger partial charge in [0.15, 0.2) is 11.5 Å². The number of fused-ring (bicyclic) bond motifs is 1. The van der Waals surface area contributed by atoms with Crippen LogP contribution >= 0.6 is 0 Å². The monoisotopic (exact) mass is 348 g/mol. The molecule has 0 saturated carbocycles. The zero-order chi connectivity index (χ0) is 17.2. The molecular formula is C19H22F2N2O2+2. The van der Waals surface area contributed by atoms with Gasteiger partial charge in [-0.2, -0.15) is 0 Å². The molecule has 132 valence electrons. The van der Waals surface area contributed by atoms with Crippen molar-refractivity contribution in [1.82, 2.24) is 0 Å². The minimum Gasteiger partial charge on any atom is -0.454 e. The molecule has 2 aliphatic rings. The number of hydrogen-bond acceptors (Lipinski definition) is 2. The first-order chi connectivity index (χ1) is 12.2. The van der Waals surface area contributed by atoms with Crippen molar-refractivity contribution in [2.24, 2.45) is 0 Å². The van der Waals surface area contributed by atoms with Crippen LogP contribution in [0.2, 0.25) is 0 Å². The highest BCUT2D eigenvalue weighted by Gasteiger charge is 2.25. The molecule has 2 N–H and O–H groups in total. The molecule has 2 aliphatic heterocycles. The Morgan fingerprint density at radius 3 is 2.32 bits per heavy atom. The molecule has 6 heteroatoms. The van der Waals surface area contributed by atoms with Crippen LogP contribution in [0.5, 0.6) is 11.5 Å². The summed E-state index contributed by atoms with van der Waals surface area (Å²) in [5, 5.41) is 0. The van der Waals surface area contributed by atoms with Gasteiger partial charge in [-0.05, 0) is 36.4 Å². The fourth-order valence-corrected chi connectivity index (χ4v) is 3.60. The molecule has 0 aromatic heterocycles. The standard InChI is InChI=1S/C19H20F2N2O2/c20-16-2-3-17(21)15(10-16)12-23-7-5-22(6-8-23)11-14-1-4-18-19(9-14)25-13-24-18/h1-4,9-10H,5-8,11-13H2/p+2. The Hall–Kier alpha value is -2.18. The Morgan fingerprint density at radius 2 is 1.52 bits per heavy atom. The smallest absolute Gasteiger partial charge is 0.231 e. The molecular weight excluding hydrogens is 326 g/mol. The second-order valence-corrected chi connectivity index (χ2v) is 6.78. The summed E-state index contributed by atoms with van der Waals surface area (Å²) in [6.45, 7) is 5.72. The molecule has 1 saturated heterocycles. The lowest BCUT2D eigenvalue weighted by Crippen LogP contribution is -3.27. The molecule has 0 atom stereocenters. The van der Waals surface area contributed by atoms with E-state index in [1.807, 2.05) is 6.07 Å². The maximum absolute atomic E-state index is 13.8. The fourth-order valence-electron chi connectivity index (χ4n) is 3.60. The van der Waals surface area contributed by atoms with E-state index in [4.69, 9.17) is 9.47 Å². The Kier molecular flexibility index (Phi) is 4.55. The quantitative estimate of drug-likeness (QED) is 0.825. The van der Waals surface area contributed by atoms with E-state index in [2.05, 4.69) is 12.1 Å². The summed E-state index contributed by atoms with van der Waals surface area (Å²) >= 11 is 0. The van der Waals surface area contributed by atoms with Gasteiger partial charge in [0.25, 0.3) is 0 Å². The predicted molar refractivity (Wildman–Crippen MR) is 87.7 cm³/mol. The number of ether oxygens (including phenoxy) is 2. The largest absolute Gasteiger partial charge is 0.454 e. The van der Waals surface area contributed by atoms with Gasteiger partial charge in [0.05, 0.1) is 0 Å². The van der Waals surface area contributed by atoms with Crippen LogP contribution in [-0.4, -0.2) is 33.0 Å². The lowest BCUT2D eigenvalue weighted by molar-refractivity contribution is -1.02. The van der Waals surface area contributed by atoms with Gasteiger partial charge in [-0.3, -0.25) is 0 Å². The van der Waals surface area contributed by atoms with Crippen LogP contribution in [0, 0.1) is 11.6 Å². The maximum atomic E-state index is 13.8. The summed E-state index contributed by atoms with van der Waals surface area (Å²) in [6.07, 6.45) is 0. The number of quaternary nitrogens is 2. The summed E-state index contributed by atoms with van der Waals surface area (Å²) in [5.74, 6) is 0.944. The minimum absolute atomic E-state index is 0.296. The van der Waals surface area contributed by atoms with Crippen LogP contribution in [0.1, 0.15) is 11.1 Å². The van der Waals surface area contributed by atoms with Crippen LogP contribution in [0.25, 0.3) is 0 Å². The third kappa shape index (κ3) is 3.75. The predicted octanol–water partition coefficient (Wildman–Crippen LogP) is 0.177. The molecule has 2 aromatic rings. The van der Waals surface area contributed by atoms with Crippen molar-refractivity contribution < 1.29 is 28.1 Å². The van der Waals surface area contributed by atoms with Gasteiger partial charge in [0.2, 0.25) is 6.79 Å². The Labute approximate surface area is 145 Å². The number of halogens is 2. The summed E-state index contributed by atoms with van der Waals surface area (Å²) in [7, 11) is 0. The highest BCUT2D eigenvalue weighted by Crippen LogP contribution is 2.32. The zero-order valence-electron chi connectivity index (χ0n) is 14.0.